The second-order valence-corrected chi connectivity index (χ2v) is 8.39. The smallest absolute Gasteiger partial charge is 0.295 e. The van der Waals surface area contributed by atoms with Crippen molar-refractivity contribution >= 4 is 40.4 Å². The molecule has 4 rings (SSSR count). The summed E-state index contributed by atoms with van der Waals surface area (Å²) >= 11 is 7.54. The quantitative estimate of drug-likeness (QED) is 0.329. The summed E-state index contributed by atoms with van der Waals surface area (Å²) in [5.41, 5.74) is 0.746. The second kappa shape index (κ2) is 8.45. The van der Waals surface area contributed by atoms with Crippen LogP contribution in [0.25, 0.3) is 5.76 Å². The van der Waals surface area contributed by atoms with Crippen LogP contribution in [-0.2, 0) is 16.1 Å². The molecule has 1 fully saturated rings. The van der Waals surface area contributed by atoms with E-state index in [0.29, 0.717) is 21.9 Å². The lowest BCUT2D eigenvalue weighted by molar-refractivity contribution is -0.140. The number of Topliss-reactive ketones (excluding diaryl/α,β-unsaturated/α-hetero) is 1. The number of amides is 1. The molecule has 1 atom stereocenters. The van der Waals surface area contributed by atoms with E-state index in [2.05, 4.69) is 0 Å². The number of hydrogen-bond donors (Lipinski definition) is 2. The number of ketones is 1. The Hall–Kier alpha value is -3.29. The molecule has 0 aliphatic carbocycles. The third kappa shape index (κ3) is 3.89. The van der Waals surface area contributed by atoms with Crippen molar-refractivity contribution in [2.75, 3.05) is 7.11 Å². The summed E-state index contributed by atoms with van der Waals surface area (Å²) in [4.78, 5) is 28.3. The maximum Gasteiger partial charge on any atom is 0.295 e. The summed E-state index contributed by atoms with van der Waals surface area (Å²) < 4.78 is 5.21. The predicted octanol–water partition coefficient (Wildman–Crippen LogP) is 4.74. The van der Waals surface area contributed by atoms with Gasteiger partial charge in [0, 0.05) is 10.4 Å². The molecule has 1 unspecified atom stereocenters. The summed E-state index contributed by atoms with van der Waals surface area (Å²) in [6, 6.07) is 13.8. The third-order valence-electron chi connectivity index (χ3n) is 5.06. The molecule has 0 saturated carbocycles. The minimum atomic E-state index is -0.865. The Balaban J connectivity index is 1.89. The van der Waals surface area contributed by atoms with E-state index in [1.807, 2.05) is 17.5 Å². The van der Waals surface area contributed by atoms with E-state index in [1.54, 1.807) is 24.3 Å². The van der Waals surface area contributed by atoms with Gasteiger partial charge in [-0.1, -0.05) is 29.8 Å². The Morgan fingerprint density at radius 1 is 1.16 bits per heavy atom. The third-order valence-corrected chi connectivity index (χ3v) is 6.23. The highest BCUT2D eigenvalue weighted by molar-refractivity contribution is 7.09. The Bertz CT molecular complexity index is 1190. The molecule has 2 N–H and O–H groups in total. The van der Waals surface area contributed by atoms with Crippen molar-refractivity contribution < 1.29 is 24.5 Å². The highest BCUT2D eigenvalue weighted by atomic mass is 35.5. The van der Waals surface area contributed by atoms with Gasteiger partial charge in [-0.05, 0) is 47.3 Å². The number of hydrogen-bond acceptors (Lipinski definition) is 6. The standard InChI is InChI=1S/C23H18ClNO5S/c1-30-18-11-14(7-8-17(18)24)21(27)19-20(13-4-2-5-15(26)10-13)25(23(29)22(19)28)12-16-6-3-9-31-16/h2-11,20,26-27H,12H2,1H3/b21-19-. The number of methoxy groups -OCH3 is 1. The van der Waals surface area contributed by atoms with Crippen LogP contribution in [0.1, 0.15) is 22.0 Å². The zero-order chi connectivity index (χ0) is 22.1. The van der Waals surface area contributed by atoms with Crippen molar-refractivity contribution in [2.45, 2.75) is 12.6 Å². The van der Waals surface area contributed by atoms with Crippen molar-refractivity contribution in [3.05, 3.63) is 86.6 Å². The van der Waals surface area contributed by atoms with Gasteiger partial charge in [0.05, 0.1) is 30.3 Å². The molecule has 6 nitrogen and oxygen atoms in total. The van der Waals surface area contributed by atoms with Gasteiger partial charge in [0.2, 0.25) is 0 Å². The van der Waals surface area contributed by atoms with Crippen LogP contribution in [0.2, 0.25) is 5.02 Å². The largest absolute Gasteiger partial charge is 0.508 e. The van der Waals surface area contributed by atoms with Crippen LogP contribution >= 0.6 is 22.9 Å². The lowest BCUT2D eigenvalue weighted by Gasteiger charge is -2.25. The fourth-order valence-corrected chi connectivity index (χ4v) is 4.51. The Labute approximate surface area is 187 Å². The van der Waals surface area contributed by atoms with Crippen LogP contribution in [0.5, 0.6) is 11.5 Å². The van der Waals surface area contributed by atoms with Gasteiger partial charge in [0.1, 0.15) is 17.3 Å². The fourth-order valence-electron chi connectivity index (χ4n) is 3.62. The average Bonchev–Trinajstić information content (AvgIpc) is 3.36. The zero-order valence-electron chi connectivity index (χ0n) is 16.4. The molecule has 3 aromatic rings. The number of halogens is 1. The van der Waals surface area contributed by atoms with Crippen LogP contribution in [0.3, 0.4) is 0 Å². The number of thiophene rings is 1. The maximum absolute atomic E-state index is 13.0. The number of nitrogens with zero attached hydrogens (tertiary/aromatic N) is 1. The van der Waals surface area contributed by atoms with Gasteiger partial charge < -0.3 is 19.8 Å². The highest BCUT2D eigenvalue weighted by Gasteiger charge is 2.46. The number of rotatable bonds is 5. The highest BCUT2D eigenvalue weighted by Crippen LogP contribution is 2.42. The molecule has 1 amide bonds. The molecule has 0 radical (unpaired) electrons. The van der Waals surface area contributed by atoms with E-state index in [1.165, 1.54) is 41.5 Å². The molecule has 2 aromatic carbocycles. The molecule has 2 heterocycles. The molecule has 1 aliphatic heterocycles. The summed E-state index contributed by atoms with van der Waals surface area (Å²) in [5, 5.41) is 23.3. The molecule has 8 heteroatoms. The van der Waals surface area contributed by atoms with Crippen molar-refractivity contribution in [1.29, 1.82) is 0 Å². The number of carbonyl (C=O) groups excluding carboxylic acids is 2. The minimum absolute atomic E-state index is 0.00706. The number of aliphatic hydroxyl groups is 1. The van der Waals surface area contributed by atoms with Crippen molar-refractivity contribution in [3.63, 3.8) is 0 Å². The number of carbonyl (C=O) groups is 2. The first-order chi connectivity index (χ1) is 14.9. The number of aromatic hydroxyl groups is 1. The average molecular weight is 456 g/mol. The van der Waals surface area contributed by atoms with E-state index < -0.39 is 17.7 Å². The molecular formula is C23H18ClNO5S. The maximum atomic E-state index is 13.0. The van der Waals surface area contributed by atoms with E-state index in [9.17, 15) is 19.8 Å². The van der Waals surface area contributed by atoms with Crippen LogP contribution < -0.4 is 4.74 Å². The lowest BCUT2D eigenvalue weighted by Crippen LogP contribution is -2.28. The molecule has 1 saturated heterocycles. The van der Waals surface area contributed by atoms with Crippen LogP contribution in [0.4, 0.5) is 0 Å². The van der Waals surface area contributed by atoms with Gasteiger partial charge in [-0.15, -0.1) is 11.3 Å². The fraction of sp³-hybridized carbons (Fsp3) is 0.130. The molecule has 0 bridgehead atoms. The topological polar surface area (TPSA) is 87.1 Å². The van der Waals surface area contributed by atoms with E-state index in [0.717, 1.165) is 4.88 Å². The number of benzene rings is 2. The second-order valence-electron chi connectivity index (χ2n) is 6.95. The normalized spacial score (nSPS) is 17.9. The van der Waals surface area contributed by atoms with Crippen molar-refractivity contribution in [2.24, 2.45) is 0 Å². The number of ether oxygens (including phenoxy) is 1. The van der Waals surface area contributed by atoms with Crippen LogP contribution in [0.15, 0.2) is 65.6 Å². The summed E-state index contributed by atoms with van der Waals surface area (Å²) in [6.45, 7) is 0.198. The molecule has 1 aliphatic rings. The van der Waals surface area contributed by atoms with E-state index in [4.69, 9.17) is 16.3 Å². The molecule has 158 valence electrons. The van der Waals surface area contributed by atoms with Gasteiger partial charge in [0.15, 0.2) is 0 Å². The first kappa shape index (κ1) is 21.0. The predicted molar refractivity (Wildman–Crippen MR) is 118 cm³/mol. The summed E-state index contributed by atoms with van der Waals surface area (Å²) in [6.07, 6.45) is 0. The zero-order valence-corrected chi connectivity index (χ0v) is 18.0. The Morgan fingerprint density at radius 3 is 2.65 bits per heavy atom. The molecule has 0 spiro atoms. The first-order valence-electron chi connectivity index (χ1n) is 9.34. The number of phenols is 1. The molecule has 31 heavy (non-hydrogen) atoms. The van der Waals surface area contributed by atoms with Gasteiger partial charge in [-0.25, -0.2) is 0 Å². The Morgan fingerprint density at radius 2 is 1.97 bits per heavy atom. The van der Waals surface area contributed by atoms with Gasteiger partial charge in [-0.3, -0.25) is 9.59 Å². The van der Waals surface area contributed by atoms with Gasteiger partial charge >= 0.3 is 0 Å². The van der Waals surface area contributed by atoms with Crippen LogP contribution in [0, 0.1) is 0 Å². The summed E-state index contributed by atoms with van der Waals surface area (Å²) in [5.74, 6) is -1.53. The molecular weight excluding hydrogens is 438 g/mol. The first-order valence-corrected chi connectivity index (χ1v) is 10.6. The minimum Gasteiger partial charge on any atom is -0.508 e. The van der Waals surface area contributed by atoms with Crippen LogP contribution in [-0.4, -0.2) is 33.9 Å². The lowest BCUT2D eigenvalue weighted by atomic mass is 9.95. The van der Waals surface area contributed by atoms with E-state index in [-0.39, 0.29) is 23.6 Å². The number of phenolic OH excluding ortho intramolecular Hbond substituents is 1. The van der Waals surface area contributed by atoms with Crippen molar-refractivity contribution in [1.82, 2.24) is 4.90 Å². The SMILES string of the molecule is COc1cc(/C(O)=C2/C(=O)C(=O)N(Cc3cccs3)C2c2cccc(O)c2)ccc1Cl. The van der Waals surface area contributed by atoms with Crippen molar-refractivity contribution in [3.8, 4) is 11.5 Å². The Kier molecular flexibility index (Phi) is 5.71. The number of likely N-dealkylation sites (tertiary alicyclic amines) is 1. The molecule has 1 aromatic heterocycles. The van der Waals surface area contributed by atoms with E-state index >= 15 is 0 Å². The van der Waals surface area contributed by atoms with Gasteiger partial charge in [0.25, 0.3) is 11.7 Å². The van der Waals surface area contributed by atoms with Gasteiger partial charge in [-0.2, -0.15) is 0 Å². The summed E-state index contributed by atoms with van der Waals surface area (Å²) in [7, 11) is 1.44. The monoisotopic (exact) mass is 455 g/mol. The number of aliphatic hydroxyl groups excluding tert-OH is 1.